The van der Waals surface area contributed by atoms with E-state index in [-0.39, 0.29) is 45.8 Å². The van der Waals surface area contributed by atoms with E-state index in [1.165, 1.54) is 176 Å². The molecule has 0 radical (unpaired) electrons. The fourth-order valence-electron chi connectivity index (χ4n) is 22.4. The predicted molar refractivity (Wildman–Crippen MR) is 608 cm³/mol. The van der Waals surface area contributed by atoms with Crippen molar-refractivity contribution in [2.45, 2.75) is 112 Å². The van der Waals surface area contributed by atoms with Gasteiger partial charge in [-0.1, -0.05) is 422 Å². The third kappa shape index (κ3) is 16.2. The molecular weight excluding hydrogens is 1740 g/mol. The van der Waals surface area contributed by atoms with Gasteiger partial charge in [-0.05, 0) is 244 Å². The van der Waals surface area contributed by atoms with Crippen molar-refractivity contribution in [3.8, 4) is 95.0 Å². The van der Waals surface area contributed by atoms with E-state index >= 15 is 0 Å². The summed E-state index contributed by atoms with van der Waals surface area (Å²) < 4.78 is 60.3. The number of aromatic nitrogens is 3. The Morgan fingerprint density at radius 1 is 0.203 bits per heavy atom. The molecule has 26 aromatic rings. The van der Waals surface area contributed by atoms with E-state index in [2.05, 4.69) is 479 Å². The van der Waals surface area contributed by atoms with Crippen LogP contribution >= 0.6 is 0 Å². The summed E-state index contributed by atoms with van der Waals surface area (Å²) in [4.78, 5) is 0. The maximum Gasteiger partial charge on any atom is 0.136 e. The molecule has 0 bridgehead atoms. The zero-order valence-electron chi connectivity index (χ0n) is 87.0. The van der Waals surface area contributed by atoms with Gasteiger partial charge in [-0.2, -0.15) is 0 Å². The molecule has 20 aromatic carbocycles. The zero-order chi connectivity index (χ0) is 101. The summed E-state index contributed by atoms with van der Waals surface area (Å²) in [5, 5.41) is 14.4. The van der Waals surface area contributed by atoms with Gasteiger partial charge in [0.05, 0.1) is 44.3 Å². The molecule has 0 amide bonds. The summed E-state index contributed by atoms with van der Waals surface area (Å²) in [6, 6.07) is 151. The zero-order valence-corrected chi connectivity index (χ0v) is 83.0. The highest BCUT2D eigenvalue weighted by Gasteiger charge is 2.33. The summed E-state index contributed by atoms with van der Waals surface area (Å²) in [5.74, 6) is 0. The second-order valence-corrected chi connectivity index (χ2v) is 41.8. The maximum atomic E-state index is 8.78. The van der Waals surface area contributed by atoms with Crippen molar-refractivity contribution in [3.05, 3.63) is 477 Å². The first-order valence-corrected chi connectivity index (χ1v) is 49.7. The van der Waals surface area contributed by atoms with Gasteiger partial charge in [0.25, 0.3) is 0 Å². The second kappa shape index (κ2) is 36.1. The van der Waals surface area contributed by atoms with Crippen molar-refractivity contribution >= 4 is 131 Å². The molecule has 0 aliphatic carbocycles. The summed E-state index contributed by atoms with van der Waals surface area (Å²) in [6.45, 7) is 28.9. The largest absolute Gasteiger partial charge is 0.456 e. The van der Waals surface area contributed by atoms with Gasteiger partial charge in [-0.25, -0.2) is 0 Å². The lowest BCUT2D eigenvalue weighted by molar-refractivity contribution is 0.592. The topological polar surface area (TPSA) is 54.2 Å². The van der Waals surface area contributed by atoms with Gasteiger partial charge in [0.1, 0.15) is 33.5 Å². The molecule has 143 heavy (non-hydrogen) atoms. The van der Waals surface area contributed by atoms with Gasteiger partial charge in [0.15, 0.2) is 0 Å². The number of fused-ring (bicyclic) bond motifs is 18. The first-order valence-electron chi connectivity index (χ1n) is 51.7. The van der Waals surface area contributed by atoms with Crippen molar-refractivity contribution in [2.24, 2.45) is 0 Å². The van der Waals surface area contributed by atoms with Crippen molar-refractivity contribution in [2.75, 3.05) is 0 Å². The minimum atomic E-state index is -0.343. The molecule has 0 atom stereocenters. The van der Waals surface area contributed by atoms with Crippen molar-refractivity contribution in [3.63, 3.8) is 0 Å². The molecule has 0 aliphatic heterocycles. The minimum Gasteiger partial charge on any atom is -0.456 e. The van der Waals surface area contributed by atoms with E-state index in [4.69, 9.17) is 18.7 Å². The minimum absolute atomic E-state index is 0.0364. The van der Waals surface area contributed by atoms with Crippen LogP contribution in [0.4, 0.5) is 0 Å². The summed E-state index contributed by atoms with van der Waals surface area (Å²) >= 11 is 0. The van der Waals surface area contributed by atoms with Crippen molar-refractivity contribution in [1.82, 2.24) is 13.7 Å². The summed E-state index contributed by atoms with van der Waals surface area (Å²) in [6.07, 6.45) is 0. The summed E-state index contributed by atoms with van der Waals surface area (Å²) in [7, 11) is 0. The van der Waals surface area contributed by atoms with Crippen molar-refractivity contribution < 1.29 is 18.7 Å². The van der Waals surface area contributed by atoms with Gasteiger partial charge >= 0.3 is 0 Å². The first kappa shape index (κ1) is 85.4. The van der Waals surface area contributed by atoms with E-state index in [9.17, 15) is 0 Å². The molecule has 694 valence electrons. The average Bonchev–Trinajstić information content (AvgIpc) is 1.58. The normalized spacial score (nSPS) is 12.5. The number of hydrogen-bond donors (Lipinski definition) is 0. The maximum absolute atomic E-state index is 8.78. The van der Waals surface area contributed by atoms with Crippen LogP contribution in [0.5, 0.6) is 0 Å². The molecular formula is C137H113N3O3. The molecule has 0 fully saturated rings. The molecule has 0 saturated carbocycles. The van der Waals surface area contributed by atoms with Crippen LogP contribution in [-0.4, -0.2) is 13.7 Å². The Morgan fingerprint density at radius 3 is 0.853 bits per heavy atom. The van der Waals surface area contributed by atoms with Crippen LogP contribution in [0.2, 0.25) is 0 Å². The molecule has 0 saturated heterocycles. The molecule has 0 unspecified atom stereocenters. The standard InChI is InChI=1S/C46H36N2.C34H27NO.C29H26O.C28H24O/c1-46(2,3)45-35(31-25-27-43-39(29-31)37-19-10-12-23-41(37)47(43)33-15-6-4-7-16-33)21-14-22-36(45)32-26-28-44-40(30-32)38-20-11-13-24-42(38)48(44)34-17-8-5-9-18-34;1-34(2,3)33-28(35-26-17-9-7-14-24(26)25-15-8-10-18-27(25)35)20-21-30-32(33)31-23(16-11-19-29(31)36-30)22-12-5-4-6-13-22;1-19-10-8-13-21(18-19)23-16-17-25-27(28(23)29(2,3)4)26-22(14-9-15-24(26)30-25)20-11-6-5-7-12-20;1-28(2,3)27-22(20-13-8-5-9-14-20)17-18-24-26(27)25-21(15-10-16-23(25)29-24)19-11-6-4-7-12-19/h4-30H,1-3H3;4-21H,1-3H3;5-18H,1-4H3;4-18H,1-3H3/i;;8D,10D,13D,18D;. The van der Waals surface area contributed by atoms with Gasteiger partial charge in [0, 0.05) is 76.0 Å². The number of furan rings is 3. The Hall–Kier alpha value is -16.8. The Bertz CT molecular complexity index is 9350. The Kier molecular flexibility index (Phi) is 21.6. The van der Waals surface area contributed by atoms with Crippen LogP contribution in [0.15, 0.2) is 462 Å². The van der Waals surface area contributed by atoms with Gasteiger partial charge in [-0.15, -0.1) is 0 Å². The molecule has 26 rings (SSSR count). The second-order valence-electron chi connectivity index (χ2n) is 41.8. The number of nitrogens with zero attached hydrogens (tertiary/aromatic N) is 3. The van der Waals surface area contributed by atoms with Gasteiger partial charge in [0.2, 0.25) is 0 Å². The van der Waals surface area contributed by atoms with E-state index in [0.29, 0.717) is 11.1 Å². The fraction of sp³-hybridized carbons (Fsp3) is 0.124. The quantitative estimate of drug-likeness (QED) is 0.137. The van der Waals surface area contributed by atoms with E-state index in [0.717, 1.165) is 66.5 Å². The Balaban J connectivity index is 0.000000110. The smallest absolute Gasteiger partial charge is 0.136 e. The number of para-hydroxylation sites is 6. The lowest BCUT2D eigenvalue weighted by atomic mass is 9.77. The highest BCUT2D eigenvalue weighted by molar-refractivity contribution is 6.20. The lowest BCUT2D eigenvalue weighted by Gasteiger charge is -2.27. The van der Waals surface area contributed by atoms with E-state index < -0.39 is 0 Å². The van der Waals surface area contributed by atoms with Crippen LogP contribution in [0.1, 0.15) is 116 Å². The molecule has 0 N–H and O–H groups in total. The lowest BCUT2D eigenvalue weighted by Crippen LogP contribution is -2.16. The van der Waals surface area contributed by atoms with Crippen LogP contribution in [-0.2, 0) is 21.7 Å². The monoisotopic (exact) mass is 1850 g/mol. The average molecular weight is 1850 g/mol. The SMILES string of the molecule is CC(C)(C)c1c(-c2ccc3c(c2)c2ccccc2n3-c2ccccc2)cccc1-c1ccc2c(c1)c1ccccc1n2-c1ccccc1.CC(C)(C)c1c(-c2ccccc2)ccc2oc3cccc(-c4ccccc4)c3c12.CC(C)(C)c1c(-n2c3ccccc3c3ccccc32)ccc2oc3cccc(-c4ccccc4)c3c12.[2H]c1c([2H])c(C)c([2H])c(-c2ccc3oc4cccc(-c5ccccc5)c4c3c2C(C)(C)C)c1[2H]. The third-order valence-corrected chi connectivity index (χ3v) is 28.2. The highest BCUT2D eigenvalue weighted by atomic mass is 16.3. The Labute approximate surface area is 841 Å². The van der Waals surface area contributed by atoms with Gasteiger partial charge in [-0.3, -0.25) is 0 Å². The van der Waals surface area contributed by atoms with Crippen LogP contribution < -0.4 is 0 Å². The molecule has 6 aromatic heterocycles. The van der Waals surface area contributed by atoms with Crippen LogP contribution in [0.3, 0.4) is 0 Å². The fourth-order valence-corrected chi connectivity index (χ4v) is 22.4. The Morgan fingerprint density at radius 2 is 0.483 bits per heavy atom. The predicted octanol–water partition coefficient (Wildman–Crippen LogP) is 38.9. The number of rotatable bonds is 10. The van der Waals surface area contributed by atoms with Crippen LogP contribution in [0, 0.1) is 6.92 Å². The van der Waals surface area contributed by atoms with Crippen LogP contribution in [0.25, 0.3) is 226 Å². The van der Waals surface area contributed by atoms with E-state index in [1.54, 1.807) is 6.92 Å². The molecule has 6 heteroatoms. The molecule has 6 heterocycles. The first-order chi connectivity index (χ1) is 71.1. The number of benzene rings is 20. The van der Waals surface area contributed by atoms with Gasteiger partial charge < -0.3 is 27.0 Å². The van der Waals surface area contributed by atoms with E-state index in [1.807, 2.05) is 42.5 Å². The van der Waals surface area contributed by atoms with Crippen molar-refractivity contribution in [1.29, 1.82) is 0 Å². The highest BCUT2D eigenvalue weighted by Crippen LogP contribution is 2.52. The molecule has 0 aliphatic rings. The molecule has 0 spiro atoms. The third-order valence-electron chi connectivity index (χ3n) is 28.2. The summed E-state index contributed by atoms with van der Waals surface area (Å²) in [5.41, 5.74) is 36.7. The molecule has 6 nitrogen and oxygen atoms in total. The number of hydrogen-bond acceptors (Lipinski definition) is 3.